The van der Waals surface area contributed by atoms with Crippen molar-refractivity contribution in [2.45, 2.75) is 13.5 Å². The predicted molar refractivity (Wildman–Crippen MR) is 67.8 cm³/mol. The summed E-state index contributed by atoms with van der Waals surface area (Å²) in [6.45, 7) is 3.98. The van der Waals surface area contributed by atoms with Crippen LogP contribution in [0.25, 0.3) is 9.88 Å². The maximum Gasteiger partial charge on any atom is 0.133 e. The molecule has 0 saturated heterocycles. The van der Waals surface area contributed by atoms with Crippen molar-refractivity contribution in [3.8, 4) is 9.88 Å². The lowest BCUT2D eigenvalue weighted by molar-refractivity contribution is 0.734. The van der Waals surface area contributed by atoms with E-state index in [1.54, 1.807) is 22.7 Å². The summed E-state index contributed by atoms with van der Waals surface area (Å²) in [6, 6.07) is 3.93. The summed E-state index contributed by atoms with van der Waals surface area (Å²) in [7, 11) is 0. The van der Waals surface area contributed by atoms with Gasteiger partial charge < -0.3 is 5.32 Å². The van der Waals surface area contributed by atoms with E-state index in [0.717, 1.165) is 27.3 Å². The lowest BCUT2D eigenvalue weighted by Gasteiger charge is -1.94. The molecule has 2 aromatic rings. The van der Waals surface area contributed by atoms with Crippen molar-refractivity contribution in [1.29, 1.82) is 0 Å². The fourth-order valence-electron chi connectivity index (χ4n) is 1.18. The summed E-state index contributed by atoms with van der Waals surface area (Å²) < 4.78 is 0.813. The monoisotopic (exact) mass is 258 g/mol. The molecule has 15 heavy (non-hydrogen) atoms. The van der Waals surface area contributed by atoms with Gasteiger partial charge in [-0.2, -0.15) is 0 Å². The van der Waals surface area contributed by atoms with Gasteiger partial charge in [0.25, 0.3) is 0 Å². The van der Waals surface area contributed by atoms with Crippen LogP contribution in [0.1, 0.15) is 11.8 Å². The average Bonchev–Trinajstić information content (AvgIpc) is 2.83. The number of halogens is 1. The molecule has 0 radical (unpaired) electrons. The zero-order valence-electron chi connectivity index (χ0n) is 8.29. The van der Waals surface area contributed by atoms with Gasteiger partial charge in [-0.25, -0.2) is 4.98 Å². The molecule has 80 valence electrons. The number of aromatic nitrogens is 1. The third-order valence-electron chi connectivity index (χ3n) is 1.89. The lowest BCUT2D eigenvalue weighted by atomic mass is 10.5. The van der Waals surface area contributed by atoms with Crippen molar-refractivity contribution in [3.05, 3.63) is 27.5 Å². The Labute approximate surface area is 102 Å². The van der Waals surface area contributed by atoms with Crippen LogP contribution >= 0.6 is 34.3 Å². The summed E-state index contributed by atoms with van der Waals surface area (Å²) in [6.07, 6.45) is 1.93. The van der Waals surface area contributed by atoms with E-state index in [-0.39, 0.29) is 0 Å². The van der Waals surface area contributed by atoms with Crippen LogP contribution in [0.15, 0.2) is 18.3 Å². The summed E-state index contributed by atoms with van der Waals surface area (Å²) in [5, 5.41) is 4.34. The van der Waals surface area contributed by atoms with Crippen LogP contribution in [0.5, 0.6) is 0 Å². The molecule has 0 aliphatic heterocycles. The maximum atomic E-state index is 5.88. The summed E-state index contributed by atoms with van der Waals surface area (Å²) in [4.78, 5) is 6.79. The van der Waals surface area contributed by atoms with E-state index in [2.05, 4.69) is 17.2 Å². The first-order chi connectivity index (χ1) is 7.29. The maximum absolute atomic E-state index is 5.88. The van der Waals surface area contributed by atoms with Gasteiger partial charge in [0.2, 0.25) is 0 Å². The Morgan fingerprint density at radius 1 is 1.40 bits per heavy atom. The molecule has 2 aromatic heterocycles. The molecule has 0 amide bonds. The first kappa shape index (κ1) is 11.1. The Balaban J connectivity index is 2.13. The zero-order valence-corrected chi connectivity index (χ0v) is 10.7. The summed E-state index contributed by atoms with van der Waals surface area (Å²) in [5.41, 5.74) is 0. The first-order valence-electron chi connectivity index (χ1n) is 4.70. The minimum Gasteiger partial charge on any atom is -0.312 e. The van der Waals surface area contributed by atoms with Gasteiger partial charge in [0, 0.05) is 17.6 Å². The fourth-order valence-corrected chi connectivity index (χ4v) is 3.17. The number of nitrogens with one attached hydrogen (secondary N) is 1. The van der Waals surface area contributed by atoms with E-state index in [1.807, 2.05) is 18.3 Å². The van der Waals surface area contributed by atoms with E-state index in [1.165, 1.54) is 4.88 Å². The van der Waals surface area contributed by atoms with Gasteiger partial charge >= 0.3 is 0 Å². The van der Waals surface area contributed by atoms with Crippen LogP contribution in [-0.4, -0.2) is 11.5 Å². The van der Waals surface area contributed by atoms with Crippen LogP contribution in [0, 0.1) is 0 Å². The molecule has 2 rings (SSSR count). The van der Waals surface area contributed by atoms with Crippen LogP contribution < -0.4 is 5.32 Å². The van der Waals surface area contributed by atoms with E-state index in [0.29, 0.717) is 0 Å². The van der Waals surface area contributed by atoms with Gasteiger partial charge in [-0.05, 0) is 18.7 Å². The molecule has 2 nitrogen and oxygen atoms in total. The molecule has 0 aromatic carbocycles. The highest BCUT2D eigenvalue weighted by molar-refractivity contribution is 7.23. The second-order valence-corrected chi connectivity index (χ2v) is 5.85. The lowest BCUT2D eigenvalue weighted by Crippen LogP contribution is -2.10. The van der Waals surface area contributed by atoms with Crippen LogP contribution in [0.3, 0.4) is 0 Å². The molecule has 0 bridgehead atoms. The van der Waals surface area contributed by atoms with Crippen molar-refractivity contribution in [1.82, 2.24) is 10.3 Å². The molecule has 0 atom stereocenters. The van der Waals surface area contributed by atoms with Crippen molar-refractivity contribution in [2.75, 3.05) is 6.54 Å². The molecule has 0 fully saturated rings. The Kier molecular flexibility index (Phi) is 3.75. The molecule has 0 saturated carbocycles. The molecular formula is C10H11ClN2S2. The van der Waals surface area contributed by atoms with Crippen LogP contribution in [-0.2, 0) is 6.54 Å². The molecule has 0 aliphatic rings. The molecular weight excluding hydrogens is 248 g/mol. The smallest absolute Gasteiger partial charge is 0.133 e. The molecule has 5 heteroatoms. The first-order valence-corrected chi connectivity index (χ1v) is 6.72. The molecule has 2 heterocycles. The predicted octanol–water partition coefficient (Wildman–Crippen LogP) is 3.63. The van der Waals surface area contributed by atoms with Gasteiger partial charge in [-0.15, -0.1) is 22.7 Å². The number of thiazole rings is 1. The van der Waals surface area contributed by atoms with E-state index in [9.17, 15) is 0 Å². The summed E-state index contributed by atoms with van der Waals surface area (Å²) in [5.74, 6) is 0. The Hall–Kier alpha value is -0.420. The second-order valence-electron chi connectivity index (χ2n) is 3.02. The zero-order chi connectivity index (χ0) is 10.7. The van der Waals surface area contributed by atoms with E-state index >= 15 is 0 Å². The van der Waals surface area contributed by atoms with Gasteiger partial charge in [0.15, 0.2) is 0 Å². The number of rotatable bonds is 4. The number of nitrogens with zero attached hydrogens (tertiary/aromatic N) is 1. The SMILES string of the molecule is CCNCc1cnc(-c2ccc(Cl)s2)s1. The molecule has 0 spiro atoms. The number of hydrogen-bond donors (Lipinski definition) is 1. The Bertz CT molecular complexity index is 436. The average molecular weight is 259 g/mol. The highest BCUT2D eigenvalue weighted by Gasteiger charge is 2.06. The van der Waals surface area contributed by atoms with Crippen molar-refractivity contribution in [3.63, 3.8) is 0 Å². The Morgan fingerprint density at radius 3 is 2.93 bits per heavy atom. The summed E-state index contributed by atoms with van der Waals surface area (Å²) >= 11 is 9.17. The van der Waals surface area contributed by atoms with Crippen molar-refractivity contribution >= 4 is 34.3 Å². The molecule has 0 unspecified atom stereocenters. The number of hydrogen-bond acceptors (Lipinski definition) is 4. The minimum absolute atomic E-state index is 0.813. The third kappa shape index (κ3) is 2.78. The highest BCUT2D eigenvalue weighted by atomic mass is 35.5. The standard InChI is InChI=1S/C10H11ClN2S2/c1-2-12-5-7-6-13-10(14-7)8-3-4-9(11)15-8/h3-4,6,12H,2,5H2,1H3. The van der Waals surface area contributed by atoms with Crippen molar-refractivity contribution < 1.29 is 0 Å². The third-order valence-corrected chi connectivity index (χ3v) is 4.28. The van der Waals surface area contributed by atoms with E-state index in [4.69, 9.17) is 11.6 Å². The minimum atomic E-state index is 0.813. The molecule has 0 aliphatic carbocycles. The highest BCUT2D eigenvalue weighted by Crippen LogP contribution is 2.33. The number of thiophene rings is 1. The largest absolute Gasteiger partial charge is 0.312 e. The normalized spacial score (nSPS) is 10.8. The van der Waals surface area contributed by atoms with Gasteiger partial charge in [-0.3, -0.25) is 0 Å². The van der Waals surface area contributed by atoms with E-state index < -0.39 is 0 Å². The van der Waals surface area contributed by atoms with Gasteiger partial charge in [0.05, 0.1) is 9.21 Å². The van der Waals surface area contributed by atoms with Crippen LogP contribution in [0.2, 0.25) is 4.34 Å². The quantitative estimate of drug-likeness (QED) is 0.906. The van der Waals surface area contributed by atoms with Crippen LogP contribution in [0.4, 0.5) is 0 Å². The molecule has 1 N–H and O–H groups in total. The fraction of sp³-hybridized carbons (Fsp3) is 0.300. The van der Waals surface area contributed by atoms with Crippen molar-refractivity contribution in [2.24, 2.45) is 0 Å². The Morgan fingerprint density at radius 2 is 2.27 bits per heavy atom. The topological polar surface area (TPSA) is 24.9 Å². The van der Waals surface area contributed by atoms with Gasteiger partial charge in [-0.1, -0.05) is 18.5 Å². The second kappa shape index (κ2) is 5.07. The van der Waals surface area contributed by atoms with Gasteiger partial charge in [0.1, 0.15) is 5.01 Å².